The summed E-state index contributed by atoms with van der Waals surface area (Å²) in [6, 6.07) is 3.82. The average Bonchev–Trinajstić information content (AvgIpc) is 2.43. The minimum atomic E-state index is 0.157. The minimum Gasteiger partial charge on any atom is -0.495 e. The van der Waals surface area contributed by atoms with Gasteiger partial charge in [-0.2, -0.15) is 0 Å². The van der Waals surface area contributed by atoms with Crippen LogP contribution < -0.4 is 15.4 Å². The van der Waals surface area contributed by atoms with Crippen molar-refractivity contribution in [2.45, 2.75) is 19.3 Å². The molecule has 0 saturated carbocycles. The topological polar surface area (TPSA) is 58.8 Å². The van der Waals surface area contributed by atoms with Gasteiger partial charge in [-0.1, -0.05) is 0 Å². The number of anilines is 2. The van der Waals surface area contributed by atoms with E-state index in [-0.39, 0.29) is 5.91 Å². The number of carbonyl (C=O) groups excluding carboxylic acids is 1. The quantitative estimate of drug-likeness (QED) is 0.848. The predicted molar refractivity (Wildman–Crippen MR) is 81.3 cm³/mol. The number of carbonyl (C=O) groups is 1. The summed E-state index contributed by atoms with van der Waals surface area (Å²) in [5.74, 6) is 0.843. The summed E-state index contributed by atoms with van der Waals surface area (Å²) in [5.41, 5.74) is 8.63. The van der Waals surface area contributed by atoms with E-state index in [0.29, 0.717) is 17.9 Å². The van der Waals surface area contributed by atoms with Crippen LogP contribution in [0.4, 0.5) is 11.4 Å². The molecule has 1 amide bonds. The van der Waals surface area contributed by atoms with Gasteiger partial charge in [0.25, 0.3) is 0 Å². The van der Waals surface area contributed by atoms with E-state index >= 15 is 0 Å². The van der Waals surface area contributed by atoms with E-state index in [0.717, 1.165) is 37.2 Å². The zero-order valence-corrected chi connectivity index (χ0v) is 12.5. The van der Waals surface area contributed by atoms with Gasteiger partial charge in [-0.05, 0) is 44.6 Å². The van der Waals surface area contributed by atoms with Gasteiger partial charge in [0.1, 0.15) is 5.75 Å². The molecule has 0 fully saturated rings. The lowest BCUT2D eigenvalue weighted by Crippen LogP contribution is -2.37. The molecule has 20 heavy (non-hydrogen) atoms. The van der Waals surface area contributed by atoms with Crippen LogP contribution in [0.2, 0.25) is 0 Å². The maximum Gasteiger partial charge on any atom is 0.228 e. The molecule has 0 atom stereocenters. The molecule has 1 aromatic rings. The van der Waals surface area contributed by atoms with Crippen LogP contribution >= 0.6 is 0 Å². The maximum absolute atomic E-state index is 12.4. The van der Waals surface area contributed by atoms with Crippen molar-refractivity contribution in [2.75, 3.05) is 44.9 Å². The van der Waals surface area contributed by atoms with Gasteiger partial charge in [-0.3, -0.25) is 4.79 Å². The van der Waals surface area contributed by atoms with Gasteiger partial charge in [0, 0.05) is 25.2 Å². The van der Waals surface area contributed by atoms with Gasteiger partial charge in [0.15, 0.2) is 0 Å². The minimum absolute atomic E-state index is 0.157. The molecule has 5 heteroatoms. The number of amides is 1. The van der Waals surface area contributed by atoms with E-state index in [9.17, 15) is 4.79 Å². The van der Waals surface area contributed by atoms with E-state index in [4.69, 9.17) is 10.5 Å². The number of nitrogen functional groups attached to an aromatic ring is 1. The molecule has 110 valence electrons. The average molecular weight is 277 g/mol. The summed E-state index contributed by atoms with van der Waals surface area (Å²) in [6.45, 7) is 1.53. The highest BCUT2D eigenvalue weighted by molar-refractivity contribution is 5.95. The molecule has 0 radical (unpaired) electrons. The Morgan fingerprint density at radius 1 is 1.45 bits per heavy atom. The van der Waals surface area contributed by atoms with Crippen LogP contribution in [0, 0.1) is 0 Å². The Hall–Kier alpha value is -1.75. The van der Waals surface area contributed by atoms with Crippen LogP contribution in [0.15, 0.2) is 12.1 Å². The van der Waals surface area contributed by atoms with Crippen LogP contribution in [-0.4, -0.2) is 45.1 Å². The third kappa shape index (κ3) is 3.04. The van der Waals surface area contributed by atoms with Crippen LogP contribution in [0.1, 0.15) is 18.4 Å². The van der Waals surface area contributed by atoms with Crippen molar-refractivity contribution < 1.29 is 9.53 Å². The Labute approximate surface area is 120 Å². The van der Waals surface area contributed by atoms with Crippen LogP contribution in [-0.2, 0) is 11.2 Å². The molecule has 0 spiro atoms. The number of hydrogen-bond acceptors (Lipinski definition) is 4. The van der Waals surface area contributed by atoms with Gasteiger partial charge < -0.3 is 20.3 Å². The zero-order chi connectivity index (χ0) is 14.7. The fourth-order valence-electron chi connectivity index (χ4n) is 2.52. The molecule has 0 bridgehead atoms. The van der Waals surface area contributed by atoms with Crippen molar-refractivity contribution >= 4 is 17.3 Å². The number of nitrogens with two attached hydrogens (primary N) is 1. The number of rotatable bonds is 4. The van der Waals surface area contributed by atoms with E-state index in [1.807, 2.05) is 36.0 Å². The lowest BCUT2D eigenvalue weighted by Gasteiger charge is -2.30. The maximum atomic E-state index is 12.4. The molecule has 1 heterocycles. The van der Waals surface area contributed by atoms with Gasteiger partial charge in [-0.25, -0.2) is 0 Å². The monoisotopic (exact) mass is 277 g/mol. The molecule has 1 aromatic carbocycles. The fourth-order valence-corrected chi connectivity index (χ4v) is 2.52. The van der Waals surface area contributed by atoms with Crippen molar-refractivity contribution in [3.05, 3.63) is 17.7 Å². The van der Waals surface area contributed by atoms with Crippen molar-refractivity contribution in [2.24, 2.45) is 0 Å². The molecule has 0 aromatic heterocycles. The lowest BCUT2D eigenvalue weighted by atomic mass is 10.00. The highest BCUT2D eigenvalue weighted by Gasteiger charge is 2.23. The zero-order valence-electron chi connectivity index (χ0n) is 12.5. The van der Waals surface area contributed by atoms with Gasteiger partial charge in [0.05, 0.1) is 12.8 Å². The Balaban J connectivity index is 2.23. The van der Waals surface area contributed by atoms with E-state index in [1.54, 1.807) is 7.11 Å². The number of aryl methyl sites for hydroxylation is 1. The highest BCUT2D eigenvalue weighted by Crippen LogP contribution is 2.35. The third-order valence-corrected chi connectivity index (χ3v) is 3.62. The van der Waals surface area contributed by atoms with Crippen molar-refractivity contribution in [1.82, 2.24) is 4.90 Å². The third-order valence-electron chi connectivity index (χ3n) is 3.62. The molecule has 5 nitrogen and oxygen atoms in total. The number of fused-ring (bicyclic) bond motifs is 1. The number of ether oxygens (including phenoxy) is 1. The number of hydrogen-bond donors (Lipinski definition) is 1. The molecule has 2 N–H and O–H groups in total. The first-order chi connectivity index (χ1) is 9.52. The van der Waals surface area contributed by atoms with Gasteiger partial charge >= 0.3 is 0 Å². The summed E-state index contributed by atoms with van der Waals surface area (Å²) in [7, 11) is 5.56. The Morgan fingerprint density at radius 2 is 2.20 bits per heavy atom. The van der Waals surface area contributed by atoms with Crippen LogP contribution in [0.3, 0.4) is 0 Å². The SMILES string of the molecule is COc1cc2c(cc1N)N(C(=O)CCN(C)C)CCC2. The van der Waals surface area contributed by atoms with Crippen molar-refractivity contribution in [3.63, 3.8) is 0 Å². The molecule has 0 saturated heterocycles. The van der Waals surface area contributed by atoms with E-state index in [2.05, 4.69) is 0 Å². The van der Waals surface area contributed by atoms with Crippen molar-refractivity contribution in [1.29, 1.82) is 0 Å². The largest absolute Gasteiger partial charge is 0.495 e. The molecular formula is C15H23N3O2. The number of nitrogens with zero attached hydrogens (tertiary/aromatic N) is 2. The summed E-state index contributed by atoms with van der Waals surface area (Å²) in [4.78, 5) is 16.2. The normalized spacial score (nSPS) is 14.3. The molecule has 0 unspecified atom stereocenters. The molecular weight excluding hydrogens is 254 g/mol. The fraction of sp³-hybridized carbons (Fsp3) is 0.533. The van der Waals surface area contributed by atoms with Gasteiger partial charge in [-0.15, -0.1) is 0 Å². The molecule has 1 aliphatic rings. The summed E-state index contributed by atoms with van der Waals surface area (Å²) < 4.78 is 5.25. The van der Waals surface area contributed by atoms with E-state index < -0.39 is 0 Å². The Morgan fingerprint density at radius 3 is 2.85 bits per heavy atom. The first-order valence-electron chi connectivity index (χ1n) is 6.94. The van der Waals surface area contributed by atoms with E-state index in [1.165, 1.54) is 0 Å². The highest BCUT2D eigenvalue weighted by atomic mass is 16.5. The second-order valence-corrected chi connectivity index (χ2v) is 5.43. The first kappa shape index (κ1) is 14.7. The first-order valence-corrected chi connectivity index (χ1v) is 6.94. The second-order valence-electron chi connectivity index (χ2n) is 5.43. The van der Waals surface area contributed by atoms with Crippen LogP contribution in [0.25, 0.3) is 0 Å². The lowest BCUT2D eigenvalue weighted by molar-refractivity contribution is -0.118. The standard InChI is InChI=1S/C15H23N3O2/c1-17(2)8-6-15(19)18-7-4-5-11-9-14(20-3)12(16)10-13(11)18/h9-10H,4-8,16H2,1-3H3. The van der Waals surface area contributed by atoms with Gasteiger partial charge in [0.2, 0.25) is 5.91 Å². The molecule has 1 aliphatic heterocycles. The summed E-state index contributed by atoms with van der Waals surface area (Å²) in [6.07, 6.45) is 2.47. The molecule has 2 rings (SSSR count). The van der Waals surface area contributed by atoms with Crippen molar-refractivity contribution in [3.8, 4) is 5.75 Å². The number of methoxy groups -OCH3 is 1. The van der Waals surface area contributed by atoms with Crippen LogP contribution in [0.5, 0.6) is 5.75 Å². The molecule has 0 aliphatic carbocycles. The predicted octanol–water partition coefficient (Wildman–Crippen LogP) is 1.51. The Bertz CT molecular complexity index is 500. The Kier molecular flexibility index (Phi) is 4.49. The number of benzene rings is 1. The summed E-state index contributed by atoms with van der Waals surface area (Å²) >= 11 is 0. The second kappa shape index (κ2) is 6.13. The smallest absolute Gasteiger partial charge is 0.228 e. The summed E-state index contributed by atoms with van der Waals surface area (Å²) in [5, 5.41) is 0.